The van der Waals surface area contributed by atoms with Crippen molar-refractivity contribution in [1.82, 2.24) is 0 Å². The summed E-state index contributed by atoms with van der Waals surface area (Å²) in [5.74, 6) is 0. The van der Waals surface area contributed by atoms with Gasteiger partial charge >= 0.3 is 0 Å². The Balaban J connectivity index is 1.60. The van der Waals surface area contributed by atoms with Gasteiger partial charge in [0.15, 0.2) is 0 Å². The van der Waals surface area contributed by atoms with E-state index in [0.29, 0.717) is 6.04 Å². The minimum atomic E-state index is -0.00849. The average Bonchev–Trinajstić information content (AvgIpc) is 3.05. The molecule has 4 rings (SSSR count). The van der Waals surface area contributed by atoms with Gasteiger partial charge < -0.3 is 4.74 Å². The van der Waals surface area contributed by atoms with Crippen molar-refractivity contribution in [3.8, 4) is 0 Å². The van der Waals surface area contributed by atoms with Gasteiger partial charge in [-0.3, -0.25) is 4.48 Å². The van der Waals surface area contributed by atoms with E-state index in [9.17, 15) is 0 Å². The lowest BCUT2D eigenvalue weighted by Gasteiger charge is -2.36. The minimum absolute atomic E-state index is 0.00849. The van der Waals surface area contributed by atoms with Crippen molar-refractivity contribution >= 4 is 12.2 Å². The molecule has 30 heavy (non-hydrogen) atoms. The molecule has 0 unspecified atom stereocenters. The Morgan fingerprint density at radius 3 is 1.90 bits per heavy atom. The Bertz CT molecular complexity index is 981. The van der Waals surface area contributed by atoms with Crippen molar-refractivity contribution in [3.63, 3.8) is 0 Å². The molecule has 0 spiro atoms. The highest BCUT2D eigenvalue weighted by Gasteiger charge is 2.49. The molecule has 0 N–H and O–H groups in total. The van der Waals surface area contributed by atoms with Crippen LogP contribution in [0.15, 0.2) is 103 Å². The van der Waals surface area contributed by atoms with Gasteiger partial charge in [0.25, 0.3) is 0 Å². The SMILES string of the molecule is C[C@H]1[C@@H](c2ccccc2)O[C@@H](/C=C/c2ccccc2)[N@+]1(C)C/C=C/c1ccccc1. The van der Waals surface area contributed by atoms with Crippen LogP contribution in [0.25, 0.3) is 12.2 Å². The highest BCUT2D eigenvalue weighted by Crippen LogP contribution is 2.40. The third-order valence-electron chi connectivity index (χ3n) is 6.23. The predicted octanol–water partition coefficient (Wildman–Crippen LogP) is 6.35. The van der Waals surface area contributed by atoms with E-state index in [-0.39, 0.29) is 12.3 Å². The first-order valence-corrected chi connectivity index (χ1v) is 10.7. The second kappa shape index (κ2) is 9.25. The summed E-state index contributed by atoms with van der Waals surface area (Å²) in [6.45, 7) is 3.22. The van der Waals surface area contributed by atoms with Crippen molar-refractivity contribution in [2.45, 2.75) is 25.3 Å². The average molecular weight is 397 g/mol. The zero-order valence-corrected chi connectivity index (χ0v) is 17.8. The van der Waals surface area contributed by atoms with Crippen LogP contribution in [0.2, 0.25) is 0 Å². The number of quaternary nitrogens is 1. The van der Waals surface area contributed by atoms with E-state index in [1.807, 2.05) is 6.07 Å². The number of nitrogens with zero attached hydrogens (tertiary/aromatic N) is 1. The van der Waals surface area contributed by atoms with Crippen molar-refractivity contribution in [3.05, 3.63) is 120 Å². The van der Waals surface area contributed by atoms with Crippen LogP contribution in [0.4, 0.5) is 0 Å². The van der Waals surface area contributed by atoms with Crippen LogP contribution in [0.5, 0.6) is 0 Å². The molecule has 0 radical (unpaired) electrons. The molecule has 0 aromatic heterocycles. The second-order valence-electron chi connectivity index (χ2n) is 8.21. The summed E-state index contributed by atoms with van der Waals surface area (Å²) in [5.41, 5.74) is 3.67. The van der Waals surface area contributed by atoms with Crippen LogP contribution in [0.3, 0.4) is 0 Å². The summed E-state index contributed by atoms with van der Waals surface area (Å²) >= 11 is 0. The third-order valence-corrected chi connectivity index (χ3v) is 6.23. The van der Waals surface area contributed by atoms with Crippen LogP contribution >= 0.6 is 0 Å². The number of benzene rings is 3. The van der Waals surface area contributed by atoms with Crippen LogP contribution < -0.4 is 0 Å². The van der Waals surface area contributed by atoms with Gasteiger partial charge in [0.1, 0.15) is 18.7 Å². The van der Waals surface area contributed by atoms with Gasteiger partial charge in [-0.15, -0.1) is 0 Å². The van der Waals surface area contributed by atoms with Crippen molar-refractivity contribution in [2.24, 2.45) is 0 Å². The monoisotopic (exact) mass is 396 g/mol. The fraction of sp³-hybridized carbons (Fsp3) is 0.214. The molecule has 0 bridgehead atoms. The topological polar surface area (TPSA) is 9.23 Å². The zero-order valence-electron chi connectivity index (χ0n) is 17.8. The molecule has 3 aromatic carbocycles. The molecule has 1 fully saturated rings. The molecule has 0 aliphatic carbocycles. The smallest absolute Gasteiger partial charge is 0.214 e. The summed E-state index contributed by atoms with van der Waals surface area (Å²) in [5, 5.41) is 0. The largest absolute Gasteiger partial charge is 0.311 e. The van der Waals surface area contributed by atoms with Gasteiger partial charge in [0.05, 0.1) is 7.05 Å². The molecule has 2 heteroatoms. The molecule has 1 aliphatic heterocycles. The molecular formula is C28H30NO+. The number of rotatable bonds is 6. The minimum Gasteiger partial charge on any atom is -0.311 e. The Morgan fingerprint density at radius 2 is 1.30 bits per heavy atom. The number of hydrogen-bond donors (Lipinski definition) is 0. The lowest BCUT2D eigenvalue weighted by atomic mass is 10.0. The Morgan fingerprint density at radius 1 is 0.767 bits per heavy atom. The Hall–Kier alpha value is -2.94. The third kappa shape index (κ3) is 4.46. The Kier molecular flexibility index (Phi) is 6.27. The summed E-state index contributed by atoms with van der Waals surface area (Å²) < 4.78 is 7.46. The molecule has 3 aromatic rings. The van der Waals surface area contributed by atoms with Gasteiger partial charge in [-0.1, -0.05) is 103 Å². The maximum Gasteiger partial charge on any atom is 0.214 e. The van der Waals surface area contributed by atoms with Gasteiger partial charge in [0, 0.05) is 6.08 Å². The highest BCUT2D eigenvalue weighted by atomic mass is 16.5. The fourth-order valence-corrected chi connectivity index (χ4v) is 4.19. The molecule has 1 aliphatic rings. The quantitative estimate of drug-likeness (QED) is 0.441. The lowest BCUT2D eigenvalue weighted by molar-refractivity contribution is -0.940. The van der Waals surface area contributed by atoms with Crippen LogP contribution in [0.1, 0.15) is 29.7 Å². The van der Waals surface area contributed by atoms with E-state index in [1.165, 1.54) is 16.7 Å². The van der Waals surface area contributed by atoms with Gasteiger partial charge in [-0.2, -0.15) is 0 Å². The van der Waals surface area contributed by atoms with E-state index >= 15 is 0 Å². The first kappa shape index (κ1) is 20.3. The fourth-order valence-electron chi connectivity index (χ4n) is 4.19. The molecule has 0 amide bonds. The first-order valence-electron chi connectivity index (χ1n) is 10.7. The normalized spacial score (nSPS) is 26.5. The number of hydrogen-bond acceptors (Lipinski definition) is 1. The second-order valence-corrected chi connectivity index (χ2v) is 8.21. The summed E-state index contributed by atoms with van der Waals surface area (Å²) in [6.07, 6.45) is 8.97. The molecule has 152 valence electrons. The molecule has 4 atom stereocenters. The summed E-state index contributed by atoms with van der Waals surface area (Å²) in [7, 11) is 2.31. The zero-order chi connectivity index (χ0) is 20.8. The van der Waals surface area contributed by atoms with Crippen LogP contribution in [0, 0.1) is 0 Å². The number of ether oxygens (including phenoxy) is 1. The van der Waals surface area contributed by atoms with Crippen molar-refractivity contribution < 1.29 is 9.22 Å². The predicted molar refractivity (Wildman–Crippen MR) is 126 cm³/mol. The Labute approximate surface area is 180 Å². The molecular weight excluding hydrogens is 366 g/mol. The van der Waals surface area contributed by atoms with E-state index in [1.54, 1.807) is 0 Å². The lowest BCUT2D eigenvalue weighted by Crippen LogP contribution is -2.52. The maximum absolute atomic E-state index is 6.65. The molecule has 2 nitrogen and oxygen atoms in total. The standard InChI is InChI=1S/C28H30NO/c1-23-28(26-18-10-5-11-19-26)30-27(21-20-25-15-8-4-9-16-25)29(23,2)22-12-17-24-13-6-3-7-14-24/h3-21,23,27-28H,22H2,1-2H3/q+1/b17-12+,21-20+/t23-,27-,28-,29+/m0/s1. The molecule has 1 saturated heterocycles. The number of likely N-dealkylation sites (N-methyl/N-ethyl adjacent to an activating group) is 1. The van der Waals surface area contributed by atoms with Crippen molar-refractivity contribution in [2.75, 3.05) is 13.6 Å². The molecule has 0 saturated carbocycles. The van der Waals surface area contributed by atoms with E-state index < -0.39 is 0 Å². The van der Waals surface area contributed by atoms with Gasteiger partial charge in [-0.05, 0) is 29.7 Å². The maximum atomic E-state index is 6.65. The van der Waals surface area contributed by atoms with E-state index in [4.69, 9.17) is 4.74 Å². The van der Waals surface area contributed by atoms with Crippen molar-refractivity contribution in [1.29, 1.82) is 0 Å². The van der Waals surface area contributed by atoms with Crippen LogP contribution in [-0.2, 0) is 4.74 Å². The van der Waals surface area contributed by atoms with E-state index in [2.05, 4.69) is 123 Å². The highest BCUT2D eigenvalue weighted by molar-refractivity contribution is 5.50. The first-order chi connectivity index (χ1) is 14.7. The van der Waals surface area contributed by atoms with Crippen LogP contribution in [-0.4, -0.2) is 30.3 Å². The van der Waals surface area contributed by atoms with Gasteiger partial charge in [-0.25, -0.2) is 0 Å². The summed E-state index contributed by atoms with van der Waals surface area (Å²) in [6, 6.07) is 31.9. The summed E-state index contributed by atoms with van der Waals surface area (Å²) in [4.78, 5) is 0. The van der Waals surface area contributed by atoms with E-state index in [0.717, 1.165) is 11.0 Å². The molecule has 1 heterocycles. The van der Waals surface area contributed by atoms with Gasteiger partial charge in [0.2, 0.25) is 6.23 Å².